The first-order valence-corrected chi connectivity index (χ1v) is 7.28. The molecule has 104 valence electrons. The van der Waals surface area contributed by atoms with Crippen molar-refractivity contribution < 1.29 is 9.84 Å². The van der Waals surface area contributed by atoms with Crippen molar-refractivity contribution in [3.05, 3.63) is 35.4 Å². The molecular weight excluding hydrogens is 238 g/mol. The van der Waals surface area contributed by atoms with Crippen molar-refractivity contribution in [3.8, 4) is 0 Å². The molecule has 3 N–H and O–H groups in total. The molecule has 1 aliphatic carbocycles. The Kier molecular flexibility index (Phi) is 3.61. The van der Waals surface area contributed by atoms with E-state index in [1.54, 1.807) is 0 Å². The maximum Gasteiger partial charge on any atom is 0.0665 e. The molecule has 1 aromatic rings. The van der Waals surface area contributed by atoms with Gasteiger partial charge in [0.25, 0.3) is 0 Å². The van der Waals surface area contributed by atoms with Crippen LogP contribution in [0.15, 0.2) is 24.3 Å². The minimum absolute atomic E-state index is 0.185. The summed E-state index contributed by atoms with van der Waals surface area (Å²) < 4.78 is 5.53. The maximum atomic E-state index is 10.8. The van der Waals surface area contributed by atoms with Gasteiger partial charge in [-0.25, -0.2) is 0 Å². The number of rotatable bonds is 3. The van der Waals surface area contributed by atoms with Crippen LogP contribution in [0.4, 0.5) is 0 Å². The van der Waals surface area contributed by atoms with E-state index in [4.69, 9.17) is 10.5 Å². The quantitative estimate of drug-likeness (QED) is 0.867. The van der Waals surface area contributed by atoms with E-state index in [2.05, 4.69) is 24.3 Å². The molecule has 3 rings (SSSR count). The summed E-state index contributed by atoms with van der Waals surface area (Å²) in [4.78, 5) is 0. The molecule has 0 bridgehead atoms. The van der Waals surface area contributed by atoms with E-state index in [0.717, 1.165) is 32.3 Å². The maximum absolute atomic E-state index is 10.8. The summed E-state index contributed by atoms with van der Waals surface area (Å²) in [5.74, 6) is 0.242. The van der Waals surface area contributed by atoms with Crippen LogP contribution in [0.5, 0.6) is 0 Å². The van der Waals surface area contributed by atoms with E-state index in [0.29, 0.717) is 13.2 Å². The van der Waals surface area contributed by atoms with E-state index in [9.17, 15) is 5.11 Å². The fraction of sp³-hybridized carbons (Fsp3) is 0.625. The third kappa shape index (κ3) is 2.31. The number of hydrogen-bond acceptors (Lipinski definition) is 3. The van der Waals surface area contributed by atoms with Gasteiger partial charge in [0.2, 0.25) is 0 Å². The predicted octanol–water partition coefficient (Wildman–Crippen LogP) is 1.52. The van der Waals surface area contributed by atoms with Gasteiger partial charge < -0.3 is 15.6 Å². The van der Waals surface area contributed by atoms with E-state index in [1.807, 2.05) is 0 Å². The number of aliphatic hydroxyl groups is 1. The summed E-state index contributed by atoms with van der Waals surface area (Å²) in [6.45, 7) is 2.05. The summed E-state index contributed by atoms with van der Waals surface area (Å²) in [6.07, 6.45) is 3.55. The van der Waals surface area contributed by atoms with Gasteiger partial charge in [-0.15, -0.1) is 0 Å². The molecule has 2 aliphatic rings. The van der Waals surface area contributed by atoms with Crippen LogP contribution < -0.4 is 5.73 Å². The van der Waals surface area contributed by atoms with Crippen molar-refractivity contribution in [2.24, 2.45) is 17.1 Å². The monoisotopic (exact) mass is 261 g/mol. The lowest BCUT2D eigenvalue weighted by molar-refractivity contribution is -0.0649. The lowest BCUT2D eigenvalue weighted by Crippen LogP contribution is -2.48. The fourth-order valence-corrected chi connectivity index (χ4v) is 3.71. The van der Waals surface area contributed by atoms with Gasteiger partial charge in [0.05, 0.1) is 12.7 Å². The molecule has 1 heterocycles. The third-order valence-corrected chi connectivity index (χ3v) is 4.88. The van der Waals surface area contributed by atoms with Gasteiger partial charge in [0.1, 0.15) is 0 Å². The number of fused-ring (bicyclic) bond motifs is 1. The van der Waals surface area contributed by atoms with Crippen LogP contribution in [-0.2, 0) is 17.6 Å². The minimum atomic E-state index is -0.356. The van der Waals surface area contributed by atoms with Crippen molar-refractivity contribution in [2.45, 2.75) is 31.8 Å². The van der Waals surface area contributed by atoms with Gasteiger partial charge in [0, 0.05) is 24.5 Å². The Morgan fingerprint density at radius 1 is 1.32 bits per heavy atom. The summed E-state index contributed by atoms with van der Waals surface area (Å²) >= 11 is 0. The Morgan fingerprint density at radius 3 is 2.53 bits per heavy atom. The Bertz CT molecular complexity index is 415. The van der Waals surface area contributed by atoms with Gasteiger partial charge >= 0.3 is 0 Å². The average Bonchev–Trinajstić information content (AvgIpc) is 2.87. The van der Waals surface area contributed by atoms with E-state index >= 15 is 0 Å². The Morgan fingerprint density at radius 2 is 2.00 bits per heavy atom. The molecule has 0 radical (unpaired) electrons. The van der Waals surface area contributed by atoms with Gasteiger partial charge in [0.15, 0.2) is 0 Å². The van der Waals surface area contributed by atoms with Crippen LogP contribution >= 0.6 is 0 Å². The first kappa shape index (κ1) is 13.1. The van der Waals surface area contributed by atoms with Crippen LogP contribution in [0.2, 0.25) is 0 Å². The molecule has 1 fully saturated rings. The predicted molar refractivity (Wildman–Crippen MR) is 74.9 cm³/mol. The highest BCUT2D eigenvalue weighted by atomic mass is 16.5. The number of nitrogens with two attached hydrogens (primary N) is 1. The standard InChI is InChI=1S/C16H23NO2/c17-11-16(15(18)14-6-3-7-19-10-14)8-12-4-1-2-5-13(12)9-16/h1-2,4-5,14-15,18H,3,6-11,17H2. The Labute approximate surface area is 114 Å². The first-order chi connectivity index (χ1) is 9.25. The number of hydrogen-bond donors (Lipinski definition) is 2. The molecule has 19 heavy (non-hydrogen) atoms. The zero-order chi connectivity index (χ0) is 13.3. The van der Waals surface area contributed by atoms with E-state index < -0.39 is 0 Å². The zero-order valence-electron chi connectivity index (χ0n) is 11.3. The number of benzene rings is 1. The topological polar surface area (TPSA) is 55.5 Å². The molecule has 1 aliphatic heterocycles. The van der Waals surface area contributed by atoms with Crippen LogP contribution in [0, 0.1) is 11.3 Å². The van der Waals surface area contributed by atoms with Crippen molar-refractivity contribution >= 4 is 0 Å². The molecule has 0 spiro atoms. The van der Waals surface area contributed by atoms with Gasteiger partial charge in [-0.1, -0.05) is 24.3 Å². The highest BCUT2D eigenvalue weighted by Gasteiger charge is 2.45. The molecule has 3 heteroatoms. The molecule has 2 atom stereocenters. The summed E-state index contributed by atoms with van der Waals surface area (Å²) in [7, 11) is 0. The molecule has 0 aromatic heterocycles. The normalized spacial score (nSPS) is 26.9. The molecule has 2 unspecified atom stereocenters. The van der Waals surface area contributed by atoms with Crippen molar-refractivity contribution in [2.75, 3.05) is 19.8 Å². The second-order valence-corrected chi connectivity index (χ2v) is 6.11. The highest BCUT2D eigenvalue weighted by Crippen LogP contribution is 2.42. The Balaban J connectivity index is 1.81. The van der Waals surface area contributed by atoms with Crippen molar-refractivity contribution in [1.29, 1.82) is 0 Å². The van der Waals surface area contributed by atoms with Crippen molar-refractivity contribution in [3.63, 3.8) is 0 Å². The van der Waals surface area contributed by atoms with Crippen molar-refractivity contribution in [1.82, 2.24) is 0 Å². The third-order valence-electron chi connectivity index (χ3n) is 4.88. The molecular formula is C16H23NO2. The van der Waals surface area contributed by atoms with Crippen LogP contribution in [0.25, 0.3) is 0 Å². The summed E-state index contributed by atoms with van der Waals surface area (Å²) in [6, 6.07) is 8.47. The summed E-state index contributed by atoms with van der Waals surface area (Å²) in [5, 5.41) is 10.8. The summed E-state index contributed by atoms with van der Waals surface area (Å²) in [5.41, 5.74) is 8.57. The fourth-order valence-electron chi connectivity index (χ4n) is 3.71. The number of aliphatic hydroxyl groups excluding tert-OH is 1. The smallest absolute Gasteiger partial charge is 0.0665 e. The average molecular weight is 261 g/mol. The molecule has 1 saturated heterocycles. The van der Waals surface area contributed by atoms with E-state index in [-0.39, 0.29) is 17.4 Å². The largest absolute Gasteiger partial charge is 0.392 e. The van der Waals surface area contributed by atoms with Crippen LogP contribution in [0.3, 0.4) is 0 Å². The van der Waals surface area contributed by atoms with Gasteiger partial charge in [-0.05, 0) is 36.8 Å². The SMILES string of the molecule is NCC1(C(O)C2CCCOC2)Cc2ccccc2C1. The zero-order valence-corrected chi connectivity index (χ0v) is 11.3. The van der Waals surface area contributed by atoms with E-state index in [1.165, 1.54) is 11.1 Å². The van der Waals surface area contributed by atoms with Gasteiger partial charge in [-0.2, -0.15) is 0 Å². The van der Waals surface area contributed by atoms with Crippen LogP contribution in [0.1, 0.15) is 24.0 Å². The highest BCUT2D eigenvalue weighted by molar-refractivity contribution is 5.35. The second-order valence-electron chi connectivity index (χ2n) is 6.11. The first-order valence-electron chi connectivity index (χ1n) is 7.28. The molecule has 1 aromatic carbocycles. The lowest BCUT2D eigenvalue weighted by Gasteiger charge is -2.39. The van der Waals surface area contributed by atoms with Crippen LogP contribution in [-0.4, -0.2) is 31.0 Å². The van der Waals surface area contributed by atoms with Gasteiger partial charge in [-0.3, -0.25) is 0 Å². The Hall–Kier alpha value is -0.900. The number of ether oxygens (including phenoxy) is 1. The second kappa shape index (κ2) is 5.23. The molecule has 3 nitrogen and oxygen atoms in total. The minimum Gasteiger partial charge on any atom is -0.392 e. The lowest BCUT2D eigenvalue weighted by atomic mass is 9.72. The molecule has 0 amide bonds. The molecule has 0 saturated carbocycles.